The molecule has 2 rings (SSSR count). The van der Waals surface area contributed by atoms with E-state index in [0.29, 0.717) is 23.3 Å². The second-order valence-electron chi connectivity index (χ2n) is 8.26. The van der Waals surface area contributed by atoms with Gasteiger partial charge in [0.05, 0.1) is 11.7 Å². The van der Waals surface area contributed by atoms with Crippen LogP contribution in [0.1, 0.15) is 66.1 Å². The van der Waals surface area contributed by atoms with Crippen molar-refractivity contribution in [1.82, 2.24) is 0 Å². The number of phenolic OH excluding ortho intramolecular Hbond substituents is 3. The molecule has 0 radical (unpaired) electrons. The van der Waals surface area contributed by atoms with Crippen LogP contribution in [-0.2, 0) is 19.3 Å². The summed E-state index contributed by atoms with van der Waals surface area (Å²) in [6.07, 6.45) is -1.52. The van der Waals surface area contributed by atoms with Crippen molar-refractivity contribution in [2.45, 2.75) is 60.0 Å². The van der Waals surface area contributed by atoms with Crippen LogP contribution in [0.15, 0.2) is 21.4 Å². The minimum Gasteiger partial charge on any atom is -0.507 e. The smallest absolute Gasteiger partial charge is 0.343 e. The Kier molecular flexibility index (Phi) is 7.41. The van der Waals surface area contributed by atoms with Crippen LogP contribution in [0.2, 0.25) is 0 Å². The van der Waals surface area contributed by atoms with E-state index < -0.39 is 52.7 Å². The number of ketones is 1. The lowest BCUT2D eigenvalue weighted by Gasteiger charge is -2.20. The number of aryl methyl sites for hydroxylation is 1. The normalized spacial score (nSPS) is 12.2. The van der Waals surface area contributed by atoms with Crippen LogP contribution in [0.25, 0.3) is 0 Å². The van der Waals surface area contributed by atoms with E-state index in [1.54, 1.807) is 34.6 Å². The average Bonchev–Trinajstić information content (AvgIpc) is 2.72. The summed E-state index contributed by atoms with van der Waals surface area (Å²) in [5.41, 5.74) is -1.22. The number of aliphatic hydroxyl groups is 1. The molecule has 1 aromatic carbocycles. The fraction of sp³-hybridized carbons (Fsp3) is 0.417. The molecule has 0 aliphatic rings. The minimum atomic E-state index is -1.14. The molecule has 8 nitrogen and oxygen atoms in total. The molecule has 0 aliphatic carbocycles. The maximum Gasteiger partial charge on any atom is 0.343 e. The summed E-state index contributed by atoms with van der Waals surface area (Å²) in [5, 5.41) is 53.1. The lowest BCUT2D eigenvalue weighted by atomic mass is 9.88. The summed E-state index contributed by atoms with van der Waals surface area (Å²) < 4.78 is 5.24. The van der Waals surface area contributed by atoms with Gasteiger partial charge >= 0.3 is 5.63 Å². The predicted octanol–water partition coefficient (Wildman–Crippen LogP) is 3.24. The van der Waals surface area contributed by atoms with Gasteiger partial charge in [-0.15, -0.1) is 0 Å². The molecule has 2 aromatic rings. The molecule has 0 fully saturated rings. The maximum atomic E-state index is 12.7. The Morgan fingerprint density at radius 1 is 1.00 bits per heavy atom. The Balaban J connectivity index is 2.82. The van der Waals surface area contributed by atoms with E-state index >= 15 is 0 Å². The van der Waals surface area contributed by atoms with E-state index in [0.717, 1.165) is 0 Å². The van der Waals surface area contributed by atoms with E-state index in [2.05, 4.69) is 6.58 Å². The topological polar surface area (TPSA) is 148 Å². The first-order valence-electron chi connectivity index (χ1n) is 10.3. The number of benzene rings is 1. The highest BCUT2D eigenvalue weighted by Gasteiger charge is 2.31. The number of hydrogen-bond acceptors (Lipinski definition) is 8. The van der Waals surface area contributed by atoms with Crippen molar-refractivity contribution in [1.29, 1.82) is 0 Å². The van der Waals surface area contributed by atoms with Gasteiger partial charge in [0, 0.05) is 41.9 Å². The first kappa shape index (κ1) is 25.0. The molecule has 0 saturated carbocycles. The molecule has 174 valence electrons. The van der Waals surface area contributed by atoms with Crippen LogP contribution in [0.5, 0.6) is 23.0 Å². The van der Waals surface area contributed by atoms with Crippen LogP contribution in [0.4, 0.5) is 0 Å². The van der Waals surface area contributed by atoms with Gasteiger partial charge < -0.3 is 29.9 Å². The van der Waals surface area contributed by atoms with Crippen molar-refractivity contribution < 1.29 is 34.7 Å². The van der Waals surface area contributed by atoms with Crippen molar-refractivity contribution in [3.63, 3.8) is 0 Å². The molecule has 0 bridgehead atoms. The summed E-state index contributed by atoms with van der Waals surface area (Å²) in [4.78, 5) is 25.2. The van der Waals surface area contributed by atoms with Gasteiger partial charge in [-0.05, 0) is 13.8 Å². The zero-order chi connectivity index (χ0) is 24.5. The molecule has 32 heavy (non-hydrogen) atoms. The number of rotatable bonds is 8. The Labute approximate surface area is 186 Å². The molecule has 0 amide bonds. The molecule has 1 atom stereocenters. The van der Waals surface area contributed by atoms with Gasteiger partial charge in [-0.2, -0.15) is 0 Å². The first-order valence-corrected chi connectivity index (χ1v) is 10.3. The Morgan fingerprint density at radius 2 is 1.56 bits per heavy atom. The quantitative estimate of drug-likeness (QED) is 0.306. The van der Waals surface area contributed by atoms with Crippen LogP contribution < -0.4 is 5.63 Å². The fourth-order valence-corrected chi connectivity index (χ4v) is 3.45. The van der Waals surface area contributed by atoms with E-state index in [1.165, 1.54) is 0 Å². The highest BCUT2D eigenvalue weighted by molar-refractivity contribution is 6.03. The Bertz CT molecular complexity index is 1120. The van der Waals surface area contributed by atoms with Crippen LogP contribution in [0, 0.1) is 12.8 Å². The summed E-state index contributed by atoms with van der Waals surface area (Å²) in [6.45, 7) is 11.7. The van der Waals surface area contributed by atoms with Crippen LogP contribution >= 0.6 is 0 Å². The zero-order valence-electron chi connectivity index (χ0n) is 18.9. The van der Waals surface area contributed by atoms with E-state index in [1.807, 2.05) is 0 Å². The largest absolute Gasteiger partial charge is 0.507 e. The number of Topliss-reactive ketones (excluding diaryl/α,β-unsaturated/α-hetero) is 1. The van der Waals surface area contributed by atoms with Crippen molar-refractivity contribution >= 4 is 5.78 Å². The first-order chi connectivity index (χ1) is 14.8. The lowest BCUT2D eigenvalue weighted by molar-refractivity contribution is 0.0933. The zero-order valence-corrected chi connectivity index (χ0v) is 18.9. The third-order valence-electron chi connectivity index (χ3n) is 5.55. The summed E-state index contributed by atoms with van der Waals surface area (Å²) in [5.74, 6) is -3.20. The van der Waals surface area contributed by atoms with Crippen LogP contribution in [-0.4, -0.2) is 37.4 Å². The highest BCUT2D eigenvalue weighted by atomic mass is 16.4. The molecule has 5 N–H and O–H groups in total. The fourth-order valence-electron chi connectivity index (χ4n) is 3.45. The molecular formula is C24H30O8. The number of phenols is 3. The third kappa shape index (κ3) is 4.50. The van der Waals surface area contributed by atoms with Crippen molar-refractivity contribution in [3.8, 4) is 23.0 Å². The van der Waals surface area contributed by atoms with Crippen LogP contribution in [0.3, 0.4) is 0 Å². The summed E-state index contributed by atoms with van der Waals surface area (Å²) in [6, 6.07) is 0. The molecule has 1 heterocycles. The van der Waals surface area contributed by atoms with Crippen molar-refractivity contribution in [3.05, 3.63) is 56.1 Å². The molecule has 0 saturated heterocycles. The second kappa shape index (κ2) is 9.48. The van der Waals surface area contributed by atoms with E-state index in [9.17, 15) is 35.1 Å². The predicted molar refractivity (Wildman–Crippen MR) is 119 cm³/mol. The van der Waals surface area contributed by atoms with Gasteiger partial charge in [0.2, 0.25) is 0 Å². The molecule has 1 aromatic heterocycles. The Morgan fingerprint density at radius 3 is 2.06 bits per heavy atom. The van der Waals surface area contributed by atoms with Gasteiger partial charge in [-0.3, -0.25) is 4.79 Å². The highest BCUT2D eigenvalue weighted by Crippen LogP contribution is 2.45. The number of carbonyl (C=O) groups excluding carboxylic acids is 1. The van der Waals surface area contributed by atoms with Gasteiger partial charge in [-0.25, -0.2) is 4.79 Å². The SMILES string of the molecule is C=C(C)C(O)Cc1c(O)c(Cc2c(O)c(C)c(CC)oc2=O)c(O)c(C(=O)C(C)C)c1O. The second-order valence-corrected chi connectivity index (χ2v) is 8.26. The molecule has 0 aliphatic heterocycles. The summed E-state index contributed by atoms with van der Waals surface area (Å²) >= 11 is 0. The number of carbonyl (C=O) groups is 1. The molecule has 0 spiro atoms. The van der Waals surface area contributed by atoms with Crippen molar-refractivity contribution in [2.75, 3.05) is 0 Å². The average molecular weight is 446 g/mol. The number of hydrogen-bond donors (Lipinski definition) is 5. The van der Waals surface area contributed by atoms with Gasteiger partial charge in [0.15, 0.2) is 5.78 Å². The molecule has 8 heteroatoms. The van der Waals surface area contributed by atoms with Gasteiger partial charge in [0.25, 0.3) is 0 Å². The van der Waals surface area contributed by atoms with Crippen molar-refractivity contribution in [2.24, 2.45) is 5.92 Å². The maximum absolute atomic E-state index is 12.7. The summed E-state index contributed by atoms with van der Waals surface area (Å²) in [7, 11) is 0. The monoisotopic (exact) mass is 446 g/mol. The lowest BCUT2D eigenvalue weighted by Crippen LogP contribution is -2.16. The minimum absolute atomic E-state index is 0.178. The Hall–Kier alpha value is -3.26. The molecular weight excluding hydrogens is 416 g/mol. The number of aromatic hydroxyl groups is 4. The van der Waals surface area contributed by atoms with E-state index in [-0.39, 0.29) is 28.9 Å². The van der Waals surface area contributed by atoms with E-state index in [4.69, 9.17) is 4.42 Å². The third-order valence-corrected chi connectivity index (χ3v) is 5.55. The van der Waals surface area contributed by atoms with Gasteiger partial charge in [-0.1, -0.05) is 32.9 Å². The standard InChI is InChI=1S/C24H30O8/c1-7-17-12(6)20(27)15(24(31)32-17)8-13-21(28)14(9-16(25)10(2)3)23(30)18(22(13)29)19(26)11(4)5/h11,16,25,27-30H,2,7-9H2,1,3-6H3. The molecule has 1 unspecified atom stereocenters. The number of aliphatic hydroxyl groups excluding tert-OH is 1. The van der Waals surface area contributed by atoms with Gasteiger partial charge in [0.1, 0.15) is 34.3 Å².